The third-order valence-corrected chi connectivity index (χ3v) is 13.4. The SMILES string of the molecule is CC/C=C\C/C=C\C/C=C\C/C=C\C/C=C\C/C=C\C/C=C\C/C=C\C/C=C\CCCCCCCCCCCCCCCC(=O)NC(COP(=O)([O-])OCC[N+](C)(C)C)C(O)/C=C/CCCCCCCCCC. The number of amides is 1. The number of unbranched alkanes of at least 4 members (excludes halogenated alkanes) is 21. The molecule has 0 aliphatic carbocycles. The molecule has 0 fully saturated rings. The van der Waals surface area contributed by atoms with Gasteiger partial charge in [-0.1, -0.05) is 251 Å². The van der Waals surface area contributed by atoms with Gasteiger partial charge in [0.2, 0.25) is 5.91 Å². The first-order chi connectivity index (χ1) is 35.5. The predicted molar refractivity (Wildman–Crippen MR) is 315 cm³/mol. The van der Waals surface area contributed by atoms with Crippen molar-refractivity contribution in [1.29, 1.82) is 0 Å². The quantitative estimate of drug-likeness (QED) is 0.0272. The van der Waals surface area contributed by atoms with Crippen LogP contribution in [0.1, 0.15) is 226 Å². The van der Waals surface area contributed by atoms with Gasteiger partial charge in [-0.25, -0.2) is 0 Å². The number of hydrogen-bond donors (Lipinski definition) is 2. The van der Waals surface area contributed by atoms with Gasteiger partial charge in [-0.05, 0) is 89.9 Å². The molecule has 0 bridgehead atoms. The molecule has 0 aromatic rings. The van der Waals surface area contributed by atoms with Crippen LogP contribution in [0.5, 0.6) is 0 Å². The lowest BCUT2D eigenvalue weighted by molar-refractivity contribution is -0.870. The average molecular weight is 1040 g/mol. The number of quaternary nitrogens is 1. The van der Waals surface area contributed by atoms with E-state index in [2.05, 4.69) is 129 Å². The number of carbonyl (C=O) groups excluding carboxylic acids is 1. The third kappa shape index (κ3) is 56.5. The van der Waals surface area contributed by atoms with Crippen LogP contribution in [0, 0.1) is 0 Å². The minimum Gasteiger partial charge on any atom is -0.756 e. The van der Waals surface area contributed by atoms with E-state index in [9.17, 15) is 19.4 Å². The molecule has 0 aliphatic rings. The molecule has 1 amide bonds. The van der Waals surface area contributed by atoms with Crippen LogP contribution in [0.3, 0.4) is 0 Å². The number of nitrogens with one attached hydrogen (secondary N) is 1. The highest BCUT2D eigenvalue weighted by Gasteiger charge is 2.23. The minimum absolute atomic E-state index is 0.00566. The molecule has 73 heavy (non-hydrogen) atoms. The summed E-state index contributed by atoms with van der Waals surface area (Å²) in [7, 11) is 1.25. The second-order valence-corrected chi connectivity index (χ2v) is 22.0. The van der Waals surface area contributed by atoms with Gasteiger partial charge in [-0.15, -0.1) is 0 Å². The second-order valence-electron chi connectivity index (χ2n) is 20.6. The van der Waals surface area contributed by atoms with E-state index in [0.717, 1.165) is 96.3 Å². The van der Waals surface area contributed by atoms with E-state index in [0.29, 0.717) is 17.4 Å². The number of phosphoric acid groups is 1. The molecule has 0 heterocycles. The molecule has 0 saturated heterocycles. The molecule has 8 nitrogen and oxygen atoms in total. The summed E-state index contributed by atoms with van der Waals surface area (Å²) in [6.45, 7) is 4.49. The molecule has 0 rings (SSSR count). The molecule has 0 aliphatic heterocycles. The van der Waals surface area contributed by atoms with Gasteiger partial charge >= 0.3 is 0 Å². The number of allylic oxidation sites excluding steroid dienone is 19. The Morgan fingerprint density at radius 2 is 0.836 bits per heavy atom. The molecule has 0 radical (unpaired) electrons. The first-order valence-corrected chi connectivity index (χ1v) is 30.9. The maximum atomic E-state index is 12.9. The lowest BCUT2D eigenvalue weighted by Gasteiger charge is -2.29. The molecule has 2 N–H and O–H groups in total. The third-order valence-electron chi connectivity index (χ3n) is 12.4. The van der Waals surface area contributed by atoms with Gasteiger partial charge in [0.05, 0.1) is 39.9 Å². The van der Waals surface area contributed by atoms with Gasteiger partial charge in [0.25, 0.3) is 7.82 Å². The summed E-state index contributed by atoms with van der Waals surface area (Å²) in [5.41, 5.74) is 0. The second kappa shape index (κ2) is 53.7. The lowest BCUT2D eigenvalue weighted by Crippen LogP contribution is -2.45. The minimum atomic E-state index is -4.59. The number of hydrogen-bond acceptors (Lipinski definition) is 6. The Kier molecular flexibility index (Phi) is 51.4. The molecule has 3 atom stereocenters. The fraction of sp³-hybridized carbons (Fsp3) is 0.672. The Bertz CT molecular complexity index is 1600. The average Bonchev–Trinajstić information content (AvgIpc) is 3.35. The van der Waals surface area contributed by atoms with Gasteiger partial charge in [0, 0.05) is 6.42 Å². The highest BCUT2D eigenvalue weighted by molar-refractivity contribution is 7.45. The molecular formula is C64H111N2O6P. The first kappa shape index (κ1) is 69.9. The summed E-state index contributed by atoms with van der Waals surface area (Å²) in [6, 6.07) is -0.892. The Balaban J connectivity index is 3.98. The van der Waals surface area contributed by atoms with Crippen LogP contribution in [-0.2, 0) is 18.4 Å². The fourth-order valence-corrected chi connectivity index (χ4v) is 8.57. The van der Waals surface area contributed by atoms with Gasteiger partial charge in [0.15, 0.2) is 0 Å². The number of aliphatic hydroxyl groups is 1. The van der Waals surface area contributed by atoms with E-state index in [1.54, 1.807) is 6.08 Å². The highest BCUT2D eigenvalue weighted by atomic mass is 31.2. The van der Waals surface area contributed by atoms with Crippen molar-refractivity contribution >= 4 is 13.7 Å². The Morgan fingerprint density at radius 1 is 0.493 bits per heavy atom. The van der Waals surface area contributed by atoms with Gasteiger partial charge in [0.1, 0.15) is 13.2 Å². The van der Waals surface area contributed by atoms with Gasteiger partial charge in [-0.3, -0.25) is 9.36 Å². The van der Waals surface area contributed by atoms with E-state index >= 15 is 0 Å². The predicted octanol–water partition coefficient (Wildman–Crippen LogP) is 17.5. The van der Waals surface area contributed by atoms with Crippen LogP contribution in [-0.4, -0.2) is 68.5 Å². The monoisotopic (exact) mass is 1030 g/mol. The van der Waals surface area contributed by atoms with Crippen molar-refractivity contribution in [2.45, 2.75) is 238 Å². The Hall–Kier alpha value is -3.10. The molecule has 0 saturated carbocycles. The zero-order valence-corrected chi connectivity index (χ0v) is 48.4. The summed E-state index contributed by atoms with van der Waals surface area (Å²) < 4.78 is 23.2. The van der Waals surface area contributed by atoms with E-state index in [1.165, 1.54) is 109 Å². The largest absolute Gasteiger partial charge is 0.756 e. The molecule has 9 heteroatoms. The molecule has 418 valence electrons. The van der Waals surface area contributed by atoms with Crippen LogP contribution >= 0.6 is 7.82 Å². The maximum Gasteiger partial charge on any atom is 0.268 e. The summed E-state index contributed by atoms with van der Waals surface area (Å²) >= 11 is 0. The molecule has 0 spiro atoms. The van der Waals surface area contributed by atoms with E-state index < -0.39 is 20.0 Å². The van der Waals surface area contributed by atoms with E-state index in [1.807, 2.05) is 27.2 Å². The molecule has 0 aromatic heterocycles. The van der Waals surface area contributed by atoms with Crippen molar-refractivity contribution in [2.75, 3.05) is 40.9 Å². The molecule has 0 aromatic carbocycles. The van der Waals surface area contributed by atoms with Crippen molar-refractivity contribution < 1.29 is 32.9 Å². The summed E-state index contributed by atoms with van der Waals surface area (Å²) in [5.74, 6) is -0.205. The Morgan fingerprint density at radius 3 is 1.22 bits per heavy atom. The van der Waals surface area contributed by atoms with Crippen molar-refractivity contribution in [3.05, 3.63) is 122 Å². The van der Waals surface area contributed by atoms with Crippen molar-refractivity contribution in [1.82, 2.24) is 5.32 Å². The maximum absolute atomic E-state index is 12.9. The van der Waals surface area contributed by atoms with Gasteiger partial charge < -0.3 is 28.8 Å². The molecule has 3 unspecified atom stereocenters. The van der Waals surface area contributed by atoms with Crippen molar-refractivity contribution in [3.63, 3.8) is 0 Å². The van der Waals surface area contributed by atoms with Crippen molar-refractivity contribution in [3.8, 4) is 0 Å². The van der Waals surface area contributed by atoms with Crippen LogP contribution in [0.25, 0.3) is 0 Å². The summed E-state index contributed by atoms with van der Waals surface area (Å²) in [4.78, 5) is 25.4. The van der Waals surface area contributed by atoms with Crippen LogP contribution in [0.2, 0.25) is 0 Å². The standard InChI is InChI=1S/C64H111N2O6P/c1-6-8-10-12-14-16-18-19-20-21-22-23-24-25-26-27-28-29-30-31-32-33-34-35-36-37-38-39-40-41-42-43-44-45-46-47-48-50-52-54-56-58-64(68)65-62(61-72-73(69,70)71-60-59-66(3,4)5)63(67)57-55-53-51-49-17-15-13-11-9-7-2/h8,10,14,16,19-20,22-23,25-26,28-29,31-32,34-35,37-38,55,57,62-63,67H,6-7,9,11-13,15,17-18,21,24,27,30,33,36,39-54,56,58-61H2,1-5H3,(H-,65,68,69,70)/b10-8-,16-14-,20-19-,23-22-,26-25-,29-28-,32-31-,35-34-,38-37-,57-55+. The molecular weight excluding hydrogens is 924 g/mol. The van der Waals surface area contributed by atoms with Crippen molar-refractivity contribution in [2.24, 2.45) is 0 Å². The topological polar surface area (TPSA) is 108 Å². The van der Waals surface area contributed by atoms with Crippen LogP contribution < -0.4 is 10.2 Å². The number of phosphoric ester groups is 1. The number of carbonyl (C=O) groups is 1. The fourth-order valence-electron chi connectivity index (χ4n) is 7.85. The highest BCUT2D eigenvalue weighted by Crippen LogP contribution is 2.38. The van der Waals surface area contributed by atoms with E-state index in [4.69, 9.17) is 9.05 Å². The zero-order valence-electron chi connectivity index (χ0n) is 47.5. The number of aliphatic hydroxyl groups excluding tert-OH is 1. The number of nitrogens with zero attached hydrogens (tertiary/aromatic N) is 1. The first-order valence-electron chi connectivity index (χ1n) is 29.4. The number of likely N-dealkylation sites (N-methyl/N-ethyl adjacent to an activating group) is 1. The Labute approximate surface area is 450 Å². The zero-order chi connectivity index (χ0) is 53.5. The lowest BCUT2D eigenvalue weighted by atomic mass is 10.0. The summed E-state index contributed by atoms with van der Waals surface area (Å²) in [5, 5.41) is 13.8. The number of rotatable bonds is 52. The normalized spacial score (nSPS) is 14.8. The smallest absolute Gasteiger partial charge is 0.268 e. The van der Waals surface area contributed by atoms with Crippen LogP contribution in [0.4, 0.5) is 0 Å². The van der Waals surface area contributed by atoms with E-state index in [-0.39, 0.29) is 19.1 Å². The van der Waals surface area contributed by atoms with Gasteiger partial charge in [-0.2, -0.15) is 0 Å². The summed E-state index contributed by atoms with van der Waals surface area (Å²) in [6.07, 6.45) is 80.1. The van der Waals surface area contributed by atoms with Crippen LogP contribution in [0.15, 0.2) is 122 Å².